The minimum Gasteiger partial charge on any atom is -0.364 e. The van der Waals surface area contributed by atoms with Crippen molar-refractivity contribution < 1.29 is 4.92 Å². The van der Waals surface area contributed by atoms with E-state index in [0.717, 1.165) is 21.2 Å². The molecule has 2 N–H and O–H groups in total. The van der Waals surface area contributed by atoms with Crippen molar-refractivity contribution in [2.75, 3.05) is 17.2 Å². The number of nitro groups is 1. The fourth-order valence-corrected chi connectivity index (χ4v) is 2.77. The molecule has 0 spiro atoms. The second kappa shape index (κ2) is 8.56. The molecule has 0 amide bonds. The number of rotatable bonds is 7. The molecule has 0 radical (unpaired) electrons. The van der Waals surface area contributed by atoms with Gasteiger partial charge in [0.25, 0.3) is 0 Å². The quantitative estimate of drug-likeness (QED) is 0.308. The molecular formula is C18H16IN5O2. The first kappa shape index (κ1) is 18.1. The Morgan fingerprint density at radius 3 is 2.38 bits per heavy atom. The van der Waals surface area contributed by atoms with Gasteiger partial charge in [0.05, 0.1) is 4.92 Å². The predicted molar refractivity (Wildman–Crippen MR) is 110 cm³/mol. The Labute approximate surface area is 164 Å². The van der Waals surface area contributed by atoms with E-state index in [1.54, 1.807) is 0 Å². The zero-order valence-corrected chi connectivity index (χ0v) is 15.9. The van der Waals surface area contributed by atoms with Crippen LogP contribution in [-0.2, 0) is 6.42 Å². The highest BCUT2D eigenvalue weighted by molar-refractivity contribution is 14.1. The van der Waals surface area contributed by atoms with Crippen molar-refractivity contribution in [3.05, 3.63) is 80.2 Å². The highest BCUT2D eigenvalue weighted by Gasteiger charge is 2.22. The second-order valence-corrected chi connectivity index (χ2v) is 6.72. The van der Waals surface area contributed by atoms with Crippen LogP contribution in [0.5, 0.6) is 0 Å². The number of anilines is 3. The Balaban J connectivity index is 1.77. The molecule has 0 aliphatic heterocycles. The molecule has 3 rings (SSSR count). The van der Waals surface area contributed by atoms with Crippen LogP contribution in [0.3, 0.4) is 0 Å². The number of nitrogens with one attached hydrogen (secondary N) is 2. The SMILES string of the molecule is O=[N+]([O-])c1c(NCCc2ccccc2)ncnc1Nc1ccc(I)cc1. The van der Waals surface area contributed by atoms with E-state index < -0.39 is 4.92 Å². The molecule has 0 saturated carbocycles. The first-order valence-corrected chi connectivity index (χ1v) is 9.01. The summed E-state index contributed by atoms with van der Waals surface area (Å²) in [5.74, 6) is 0.363. The van der Waals surface area contributed by atoms with Crippen molar-refractivity contribution in [3.8, 4) is 0 Å². The summed E-state index contributed by atoms with van der Waals surface area (Å²) in [7, 11) is 0. The molecule has 7 nitrogen and oxygen atoms in total. The molecule has 2 aromatic carbocycles. The molecule has 0 unspecified atom stereocenters. The molecule has 0 aliphatic carbocycles. The van der Waals surface area contributed by atoms with E-state index >= 15 is 0 Å². The van der Waals surface area contributed by atoms with Crippen molar-refractivity contribution in [1.82, 2.24) is 9.97 Å². The van der Waals surface area contributed by atoms with Crippen LogP contribution in [0.25, 0.3) is 0 Å². The van der Waals surface area contributed by atoms with Crippen LogP contribution in [0.1, 0.15) is 5.56 Å². The van der Waals surface area contributed by atoms with Crippen molar-refractivity contribution in [1.29, 1.82) is 0 Å². The van der Waals surface area contributed by atoms with Gasteiger partial charge < -0.3 is 10.6 Å². The molecule has 0 saturated heterocycles. The van der Waals surface area contributed by atoms with Gasteiger partial charge in [-0.15, -0.1) is 0 Å². The summed E-state index contributed by atoms with van der Waals surface area (Å²) in [6, 6.07) is 17.4. The number of benzene rings is 2. The van der Waals surface area contributed by atoms with Crippen LogP contribution in [0.2, 0.25) is 0 Å². The highest BCUT2D eigenvalue weighted by atomic mass is 127. The molecule has 0 atom stereocenters. The summed E-state index contributed by atoms with van der Waals surface area (Å²) in [5.41, 5.74) is 1.70. The normalized spacial score (nSPS) is 10.3. The molecule has 1 aromatic heterocycles. The van der Waals surface area contributed by atoms with E-state index in [-0.39, 0.29) is 17.3 Å². The maximum absolute atomic E-state index is 11.6. The van der Waals surface area contributed by atoms with Gasteiger partial charge in [0.1, 0.15) is 6.33 Å². The summed E-state index contributed by atoms with van der Waals surface area (Å²) in [5, 5.41) is 17.6. The molecular weight excluding hydrogens is 445 g/mol. The van der Waals surface area contributed by atoms with Gasteiger partial charge in [-0.3, -0.25) is 10.1 Å². The maximum atomic E-state index is 11.6. The molecule has 0 aliphatic rings. The number of nitrogens with zero attached hydrogens (tertiary/aromatic N) is 3. The summed E-state index contributed by atoms with van der Waals surface area (Å²) >= 11 is 2.20. The topological polar surface area (TPSA) is 93.0 Å². The second-order valence-electron chi connectivity index (χ2n) is 5.47. The average molecular weight is 461 g/mol. The zero-order chi connectivity index (χ0) is 18.4. The smallest absolute Gasteiger partial charge is 0.353 e. The summed E-state index contributed by atoms with van der Waals surface area (Å²) < 4.78 is 1.08. The zero-order valence-electron chi connectivity index (χ0n) is 13.7. The third-order valence-electron chi connectivity index (χ3n) is 3.66. The fourth-order valence-electron chi connectivity index (χ4n) is 2.41. The lowest BCUT2D eigenvalue weighted by molar-refractivity contribution is -0.383. The van der Waals surface area contributed by atoms with E-state index in [0.29, 0.717) is 6.54 Å². The maximum Gasteiger partial charge on any atom is 0.353 e. The Morgan fingerprint density at radius 1 is 1.00 bits per heavy atom. The number of hydrogen-bond donors (Lipinski definition) is 2. The third kappa shape index (κ3) is 4.66. The van der Waals surface area contributed by atoms with Crippen molar-refractivity contribution in [2.45, 2.75) is 6.42 Å². The van der Waals surface area contributed by atoms with E-state index in [1.165, 1.54) is 6.33 Å². The number of halogens is 1. The van der Waals surface area contributed by atoms with Gasteiger partial charge in [0.15, 0.2) is 0 Å². The standard InChI is InChI=1S/C18H16IN5O2/c19-14-6-8-15(9-7-14)23-18-16(24(25)26)17(21-12-22-18)20-11-10-13-4-2-1-3-5-13/h1-9,12H,10-11H2,(H2,20,21,22,23). The van der Waals surface area contributed by atoms with Gasteiger partial charge in [-0.2, -0.15) is 0 Å². The largest absolute Gasteiger partial charge is 0.364 e. The minimum absolute atomic E-state index is 0.161. The first-order valence-electron chi connectivity index (χ1n) is 7.93. The molecule has 0 bridgehead atoms. The number of aromatic nitrogens is 2. The van der Waals surface area contributed by atoms with Gasteiger partial charge in [-0.1, -0.05) is 30.3 Å². The molecule has 26 heavy (non-hydrogen) atoms. The molecule has 3 aromatic rings. The highest BCUT2D eigenvalue weighted by Crippen LogP contribution is 2.31. The van der Waals surface area contributed by atoms with Crippen LogP contribution in [0.4, 0.5) is 23.0 Å². The first-order chi connectivity index (χ1) is 12.6. The predicted octanol–water partition coefficient (Wildman–Crippen LogP) is 4.39. The summed E-state index contributed by atoms with van der Waals surface area (Å²) in [6.07, 6.45) is 2.05. The lowest BCUT2D eigenvalue weighted by Crippen LogP contribution is -2.10. The van der Waals surface area contributed by atoms with Crippen molar-refractivity contribution >= 4 is 45.6 Å². The van der Waals surface area contributed by atoms with Crippen molar-refractivity contribution in [2.24, 2.45) is 0 Å². The summed E-state index contributed by atoms with van der Waals surface area (Å²) in [6.45, 7) is 0.533. The van der Waals surface area contributed by atoms with Gasteiger partial charge in [-0.05, 0) is 58.8 Å². The average Bonchev–Trinajstić information content (AvgIpc) is 2.64. The third-order valence-corrected chi connectivity index (χ3v) is 4.38. The van der Waals surface area contributed by atoms with E-state index in [1.807, 2.05) is 54.6 Å². The van der Waals surface area contributed by atoms with Crippen LogP contribution in [0, 0.1) is 13.7 Å². The Morgan fingerprint density at radius 2 is 1.69 bits per heavy atom. The van der Waals surface area contributed by atoms with Gasteiger partial charge in [0, 0.05) is 15.8 Å². The van der Waals surface area contributed by atoms with E-state index in [2.05, 4.69) is 43.2 Å². The van der Waals surface area contributed by atoms with Gasteiger partial charge in [0.2, 0.25) is 11.6 Å². The lowest BCUT2D eigenvalue weighted by Gasteiger charge is -2.10. The van der Waals surface area contributed by atoms with Crippen LogP contribution >= 0.6 is 22.6 Å². The van der Waals surface area contributed by atoms with Gasteiger partial charge in [-0.25, -0.2) is 9.97 Å². The van der Waals surface area contributed by atoms with Crippen LogP contribution < -0.4 is 10.6 Å². The van der Waals surface area contributed by atoms with Crippen LogP contribution in [-0.4, -0.2) is 21.4 Å². The molecule has 8 heteroatoms. The van der Waals surface area contributed by atoms with Crippen LogP contribution in [0.15, 0.2) is 60.9 Å². The fraction of sp³-hybridized carbons (Fsp3) is 0.111. The Hall–Kier alpha value is -2.75. The van der Waals surface area contributed by atoms with E-state index in [9.17, 15) is 10.1 Å². The molecule has 132 valence electrons. The monoisotopic (exact) mass is 461 g/mol. The Kier molecular flexibility index (Phi) is 5.95. The van der Waals surface area contributed by atoms with Gasteiger partial charge >= 0.3 is 5.69 Å². The lowest BCUT2D eigenvalue weighted by atomic mass is 10.1. The van der Waals surface area contributed by atoms with E-state index in [4.69, 9.17) is 0 Å². The minimum atomic E-state index is -0.472. The number of hydrogen-bond acceptors (Lipinski definition) is 6. The van der Waals surface area contributed by atoms with Crippen molar-refractivity contribution in [3.63, 3.8) is 0 Å². The molecule has 0 fully saturated rings. The molecule has 1 heterocycles. The Bertz CT molecular complexity index is 888. The summed E-state index contributed by atoms with van der Waals surface area (Å²) in [4.78, 5) is 19.2.